The summed E-state index contributed by atoms with van der Waals surface area (Å²) in [5, 5.41) is 2.55. The number of anilines is 1. The fourth-order valence-corrected chi connectivity index (χ4v) is 3.73. The molecule has 1 fully saturated rings. The molecule has 3 aromatic rings. The third-order valence-corrected chi connectivity index (χ3v) is 5.53. The van der Waals surface area contributed by atoms with E-state index in [0.29, 0.717) is 11.1 Å². The van der Waals surface area contributed by atoms with Gasteiger partial charge in [-0.1, -0.05) is 42.5 Å². The maximum absolute atomic E-state index is 13.6. The summed E-state index contributed by atoms with van der Waals surface area (Å²) < 4.78 is 32.1. The number of ether oxygens (including phenoxy) is 1. The van der Waals surface area contributed by atoms with Gasteiger partial charge in [0.25, 0.3) is 17.4 Å². The Labute approximate surface area is 188 Å². The molecule has 1 N–H and O–H groups in total. The Morgan fingerprint density at radius 1 is 0.939 bits per heavy atom. The molecule has 6 nitrogen and oxygen atoms in total. The minimum absolute atomic E-state index is 0.196. The van der Waals surface area contributed by atoms with Gasteiger partial charge in [-0.3, -0.25) is 9.59 Å². The van der Waals surface area contributed by atoms with Crippen LogP contribution in [0.2, 0.25) is 0 Å². The second-order valence-corrected chi connectivity index (χ2v) is 7.72. The maximum Gasteiger partial charge on any atom is 0.418 e. The molecule has 8 heteroatoms. The number of hydrogen-bond acceptors (Lipinski definition) is 4. The van der Waals surface area contributed by atoms with E-state index in [1.165, 1.54) is 36.4 Å². The molecule has 1 heterocycles. The van der Waals surface area contributed by atoms with E-state index in [-0.39, 0.29) is 12.1 Å². The van der Waals surface area contributed by atoms with E-state index >= 15 is 0 Å². The monoisotopic (exact) mass is 450 g/mol. The SMILES string of the molecule is C[C@H](c1ccc(F)cc1)N1C(=O)O[C@](Cc2ccccc2)(C(=O)Nc2ccc(F)cc2)C1=O. The number of benzene rings is 3. The summed E-state index contributed by atoms with van der Waals surface area (Å²) in [6, 6.07) is 18.2. The predicted molar refractivity (Wildman–Crippen MR) is 116 cm³/mol. The van der Waals surface area contributed by atoms with Gasteiger partial charge in [0.05, 0.1) is 6.04 Å². The van der Waals surface area contributed by atoms with Crippen molar-refractivity contribution in [1.82, 2.24) is 4.90 Å². The highest BCUT2D eigenvalue weighted by molar-refractivity contribution is 6.20. The summed E-state index contributed by atoms with van der Waals surface area (Å²) in [6.45, 7) is 1.59. The molecule has 33 heavy (non-hydrogen) atoms. The highest BCUT2D eigenvalue weighted by Crippen LogP contribution is 2.35. The van der Waals surface area contributed by atoms with Crippen LogP contribution in [-0.2, 0) is 20.7 Å². The summed E-state index contributed by atoms with van der Waals surface area (Å²) >= 11 is 0. The van der Waals surface area contributed by atoms with E-state index in [4.69, 9.17) is 4.74 Å². The molecule has 168 valence electrons. The van der Waals surface area contributed by atoms with E-state index in [2.05, 4.69) is 5.32 Å². The minimum atomic E-state index is -2.17. The summed E-state index contributed by atoms with van der Waals surface area (Å²) in [4.78, 5) is 40.7. The van der Waals surface area contributed by atoms with Gasteiger partial charge < -0.3 is 10.1 Å². The van der Waals surface area contributed by atoms with Crippen molar-refractivity contribution in [2.24, 2.45) is 0 Å². The summed E-state index contributed by atoms with van der Waals surface area (Å²) in [6.07, 6.45) is -1.18. The van der Waals surface area contributed by atoms with Crippen molar-refractivity contribution in [3.8, 4) is 0 Å². The van der Waals surface area contributed by atoms with Crippen molar-refractivity contribution in [1.29, 1.82) is 0 Å². The van der Waals surface area contributed by atoms with Crippen LogP contribution in [0.1, 0.15) is 24.1 Å². The van der Waals surface area contributed by atoms with Gasteiger partial charge in [0.15, 0.2) is 0 Å². The zero-order valence-corrected chi connectivity index (χ0v) is 17.6. The molecule has 1 aliphatic rings. The second kappa shape index (κ2) is 8.82. The fourth-order valence-electron chi connectivity index (χ4n) is 3.73. The summed E-state index contributed by atoms with van der Waals surface area (Å²) in [7, 11) is 0. The lowest BCUT2D eigenvalue weighted by Gasteiger charge is -2.25. The van der Waals surface area contributed by atoms with Crippen molar-refractivity contribution in [2.75, 3.05) is 5.32 Å². The van der Waals surface area contributed by atoms with Crippen molar-refractivity contribution in [3.63, 3.8) is 0 Å². The van der Waals surface area contributed by atoms with Crippen LogP contribution in [0.3, 0.4) is 0 Å². The van der Waals surface area contributed by atoms with Crippen molar-refractivity contribution >= 4 is 23.6 Å². The normalized spacial score (nSPS) is 18.7. The summed E-state index contributed by atoms with van der Waals surface area (Å²) in [5.41, 5.74) is -0.829. The molecule has 0 spiro atoms. The topological polar surface area (TPSA) is 75.7 Å². The molecule has 4 rings (SSSR count). The molecule has 1 saturated heterocycles. The van der Waals surface area contributed by atoms with Crippen LogP contribution in [-0.4, -0.2) is 28.4 Å². The number of cyclic esters (lactones) is 1. The molecular weight excluding hydrogens is 430 g/mol. The predicted octanol–water partition coefficient (Wildman–Crippen LogP) is 4.62. The average molecular weight is 450 g/mol. The molecule has 0 bridgehead atoms. The van der Waals surface area contributed by atoms with Crippen molar-refractivity contribution in [3.05, 3.63) is 102 Å². The highest BCUT2D eigenvalue weighted by Gasteiger charge is 2.60. The number of rotatable bonds is 6. The molecule has 0 saturated carbocycles. The molecule has 0 aliphatic carbocycles. The lowest BCUT2D eigenvalue weighted by atomic mass is 9.91. The first kappa shape index (κ1) is 22.1. The van der Waals surface area contributed by atoms with E-state index in [9.17, 15) is 23.2 Å². The van der Waals surface area contributed by atoms with E-state index < -0.39 is 41.2 Å². The van der Waals surface area contributed by atoms with Crippen LogP contribution in [0, 0.1) is 11.6 Å². The van der Waals surface area contributed by atoms with Gasteiger partial charge in [-0.15, -0.1) is 0 Å². The number of nitrogens with zero attached hydrogens (tertiary/aromatic N) is 1. The number of carbonyl (C=O) groups is 3. The van der Waals surface area contributed by atoms with Crippen LogP contribution < -0.4 is 5.32 Å². The zero-order valence-electron chi connectivity index (χ0n) is 17.6. The van der Waals surface area contributed by atoms with Gasteiger partial charge in [0.1, 0.15) is 11.6 Å². The Balaban J connectivity index is 1.70. The minimum Gasteiger partial charge on any atom is -0.422 e. The summed E-state index contributed by atoms with van der Waals surface area (Å²) in [5.74, 6) is -2.65. The molecule has 0 unspecified atom stereocenters. The van der Waals surface area contributed by atoms with Crippen LogP contribution in [0.15, 0.2) is 78.9 Å². The van der Waals surface area contributed by atoms with Gasteiger partial charge in [-0.05, 0) is 54.4 Å². The van der Waals surface area contributed by atoms with Gasteiger partial charge in [0.2, 0.25) is 0 Å². The number of imide groups is 1. The van der Waals surface area contributed by atoms with Crippen LogP contribution in [0.4, 0.5) is 19.3 Å². The van der Waals surface area contributed by atoms with Gasteiger partial charge in [-0.2, -0.15) is 0 Å². The maximum atomic E-state index is 13.6. The molecule has 0 aromatic heterocycles. The molecular formula is C25H20F2N2O4. The first-order valence-electron chi connectivity index (χ1n) is 10.2. The first-order valence-corrected chi connectivity index (χ1v) is 10.2. The van der Waals surface area contributed by atoms with Crippen molar-refractivity contribution < 1.29 is 27.9 Å². The molecule has 2 atom stereocenters. The fraction of sp³-hybridized carbons (Fsp3) is 0.160. The Morgan fingerprint density at radius 3 is 2.12 bits per heavy atom. The molecule has 1 aliphatic heterocycles. The Kier molecular flexibility index (Phi) is 5.91. The lowest BCUT2D eigenvalue weighted by molar-refractivity contribution is -0.147. The van der Waals surface area contributed by atoms with Crippen LogP contribution >= 0.6 is 0 Å². The molecule has 0 radical (unpaired) electrons. The van der Waals surface area contributed by atoms with E-state index in [1.54, 1.807) is 37.3 Å². The van der Waals surface area contributed by atoms with Crippen LogP contribution in [0.25, 0.3) is 0 Å². The van der Waals surface area contributed by atoms with Gasteiger partial charge in [-0.25, -0.2) is 18.5 Å². The average Bonchev–Trinajstić information content (AvgIpc) is 3.06. The Morgan fingerprint density at radius 2 is 1.52 bits per heavy atom. The zero-order chi connectivity index (χ0) is 23.6. The van der Waals surface area contributed by atoms with Crippen LogP contribution in [0.5, 0.6) is 0 Å². The third-order valence-electron chi connectivity index (χ3n) is 5.53. The highest BCUT2D eigenvalue weighted by atomic mass is 19.1. The quantitative estimate of drug-likeness (QED) is 0.556. The number of hydrogen-bond donors (Lipinski definition) is 1. The van der Waals surface area contributed by atoms with Gasteiger partial charge in [0, 0.05) is 12.1 Å². The van der Waals surface area contributed by atoms with E-state index in [1.807, 2.05) is 0 Å². The smallest absolute Gasteiger partial charge is 0.418 e. The number of carbonyl (C=O) groups excluding carboxylic acids is 3. The number of amides is 3. The van der Waals surface area contributed by atoms with Crippen molar-refractivity contribution in [2.45, 2.75) is 25.0 Å². The van der Waals surface area contributed by atoms with Gasteiger partial charge >= 0.3 is 6.09 Å². The standard InChI is InChI=1S/C25H20F2N2O4/c1-16(18-7-9-19(26)10-8-18)29-23(31)25(33-24(29)32,15-17-5-3-2-4-6-17)22(30)28-21-13-11-20(27)12-14-21/h2-14,16H,15H2,1H3,(H,28,30)/t16-,25-/m1/s1. The number of nitrogens with one attached hydrogen (secondary N) is 1. The lowest BCUT2D eigenvalue weighted by Crippen LogP contribution is -2.52. The number of halogens is 2. The first-order chi connectivity index (χ1) is 15.8. The second-order valence-electron chi connectivity index (χ2n) is 7.72. The largest absolute Gasteiger partial charge is 0.422 e. The Hall–Kier alpha value is -4.07. The third kappa shape index (κ3) is 4.32. The van der Waals surface area contributed by atoms with E-state index in [0.717, 1.165) is 17.0 Å². The molecule has 3 amide bonds. The Bertz CT molecular complexity index is 1180. The molecule has 3 aromatic carbocycles.